The molecule has 7 heteroatoms. The molecule has 0 aliphatic heterocycles. The normalized spacial score (nSPS) is 11.9. The first kappa shape index (κ1) is 19.3. The minimum atomic E-state index is -1.24. The Morgan fingerprint density at radius 2 is 1.88 bits per heavy atom. The largest absolute Gasteiger partial charge is 0.481 e. The van der Waals surface area contributed by atoms with Gasteiger partial charge >= 0.3 is 5.97 Å². The van der Waals surface area contributed by atoms with Crippen LogP contribution in [0.4, 0.5) is 0 Å². The van der Waals surface area contributed by atoms with Gasteiger partial charge in [0.05, 0.1) is 6.04 Å². The molecule has 0 bridgehead atoms. The van der Waals surface area contributed by atoms with Gasteiger partial charge in [-0.2, -0.15) is 0 Å². The van der Waals surface area contributed by atoms with Crippen LogP contribution in [0.2, 0.25) is 5.02 Å². The van der Waals surface area contributed by atoms with Gasteiger partial charge in [0.1, 0.15) is 6.42 Å². The van der Waals surface area contributed by atoms with Crippen molar-refractivity contribution in [3.8, 4) is 0 Å². The van der Waals surface area contributed by atoms with Gasteiger partial charge in [-0.05, 0) is 35.9 Å². The number of carbonyl (C=O) groups excluding carboxylic acids is 2. The van der Waals surface area contributed by atoms with Crippen molar-refractivity contribution in [3.63, 3.8) is 0 Å². The molecule has 1 heterocycles. The van der Waals surface area contributed by atoms with E-state index in [1.165, 1.54) is 6.08 Å². The lowest BCUT2D eigenvalue weighted by Gasteiger charge is -2.15. The van der Waals surface area contributed by atoms with Gasteiger partial charge in [0.15, 0.2) is 5.78 Å². The summed E-state index contributed by atoms with van der Waals surface area (Å²) in [5.41, 5.74) is 1.35. The molecule has 2 rings (SSSR count). The van der Waals surface area contributed by atoms with Gasteiger partial charge in [-0.3, -0.25) is 19.4 Å². The van der Waals surface area contributed by atoms with Gasteiger partial charge in [-0.15, -0.1) is 0 Å². The van der Waals surface area contributed by atoms with Crippen molar-refractivity contribution >= 4 is 35.3 Å². The van der Waals surface area contributed by atoms with Crippen LogP contribution < -0.4 is 5.32 Å². The van der Waals surface area contributed by atoms with Crippen LogP contribution in [0, 0.1) is 0 Å². The Morgan fingerprint density at radius 1 is 1.15 bits per heavy atom. The lowest BCUT2D eigenvalue weighted by atomic mass is 10.0. The maximum absolute atomic E-state index is 12.1. The molecule has 0 radical (unpaired) electrons. The Bertz CT molecular complexity index is 804. The molecule has 134 valence electrons. The van der Waals surface area contributed by atoms with Crippen LogP contribution in [0.25, 0.3) is 6.08 Å². The summed E-state index contributed by atoms with van der Waals surface area (Å²) in [7, 11) is 0. The Balaban J connectivity index is 2.06. The average molecular weight is 373 g/mol. The molecule has 26 heavy (non-hydrogen) atoms. The van der Waals surface area contributed by atoms with Crippen LogP contribution in [0.3, 0.4) is 0 Å². The third kappa shape index (κ3) is 6.49. The van der Waals surface area contributed by atoms with E-state index in [4.69, 9.17) is 16.7 Å². The van der Waals surface area contributed by atoms with Crippen molar-refractivity contribution in [2.24, 2.45) is 0 Å². The van der Waals surface area contributed by atoms with Crippen molar-refractivity contribution < 1.29 is 19.5 Å². The number of carbonyl (C=O) groups is 3. The van der Waals surface area contributed by atoms with E-state index in [9.17, 15) is 14.4 Å². The van der Waals surface area contributed by atoms with Crippen LogP contribution in [0.15, 0.2) is 54.7 Å². The summed E-state index contributed by atoms with van der Waals surface area (Å²) >= 11 is 5.80. The Kier molecular flexibility index (Phi) is 7.05. The van der Waals surface area contributed by atoms with Gasteiger partial charge < -0.3 is 10.4 Å². The topological polar surface area (TPSA) is 96.4 Å². The first-order valence-electron chi connectivity index (χ1n) is 7.82. The predicted octanol–water partition coefficient (Wildman–Crippen LogP) is 2.52. The van der Waals surface area contributed by atoms with Crippen molar-refractivity contribution in [3.05, 3.63) is 71.0 Å². The van der Waals surface area contributed by atoms with E-state index in [1.807, 2.05) is 0 Å². The molecule has 1 aromatic heterocycles. The second kappa shape index (κ2) is 9.48. The Morgan fingerprint density at radius 3 is 2.50 bits per heavy atom. The minimum absolute atomic E-state index is 0.119. The number of aromatic nitrogens is 1. The first-order chi connectivity index (χ1) is 12.4. The summed E-state index contributed by atoms with van der Waals surface area (Å²) < 4.78 is 0. The molecule has 1 atom stereocenters. The summed E-state index contributed by atoms with van der Waals surface area (Å²) in [6.07, 6.45) is 3.87. The molecule has 2 N–H and O–H groups in total. The number of amides is 1. The summed E-state index contributed by atoms with van der Waals surface area (Å²) in [6.45, 7) is 0. The van der Waals surface area contributed by atoms with Crippen LogP contribution >= 0.6 is 11.6 Å². The van der Waals surface area contributed by atoms with Gasteiger partial charge in [-0.25, -0.2) is 0 Å². The number of carboxylic acid groups (broad SMARTS) is 1. The van der Waals surface area contributed by atoms with Gasteiger partial charge in [0, 0.05) is 29.4 Å². The maximum Gasteiger partial charge on any atom is 0.310 e. The number of halogens is 1. The molecule has 0 aliphatic rings. The van der Waals surface area contributed by atoms with Crippen LogP contribution in [0.1, 0.15) is 17.7 Å². The SMILES string of the molecule is O=C(O)CC(=O)[C@H](Cc1ccccn1)NC(=O)/C=C/c1ccc(Cl)cc1. The summed E-state index contributed by atoms with van der Waals surface area (Å²) in [5, 5.41) is 12.0. The number of nitrogens with zero attached hydrogens (tertiary/aromatic N) is 1. The monoisotopic (exact) mass is 372 g/mol. The van der Waals surface area contributed by atoms with E-state index in [1.54, 1.807) is 54.7 Å². The fraction of sp³-hybridized carbons (Fsp3) is 0.158. The third-order valence-corrected chi connectivity index (χ3v) is 3.72. The highest BCUT2D eigenvalue weighted by Gasteiger charge is 2.23. The van der Waals surface area contributed by atoms with Gasteiger partial charge in [0.2, 0.25) is 5.91 Å². The van der Waals surface area contributed by atoms with Crippen LogP contribution in [0.5, 0.6) is 0 Å². The van der Waals surface area contributed by atoms with Gasteiger partial charge in [0.25, 0.3) is 0 Å². The number of ketones is 1. The zero-order valence-corrected chi connectivity index (χ0v) is 14.5. The number of aliphatic carboxylic acids is 1. The molecule has 0 spiro atoms. The van der Waals surface area contributed by atoms with E-state index < -0.39 is 30.1 Å². The lowest BCUT2D eigenvalue weighted by Crippen LogP contribution is -2.42. The molecule has 1 amide bonds. The number of pyridine rings is 1. The molecule has 0 fully saturated rings. The molecule has 2 aromatic rings. The minimum Gasteiger partial charge on any atom is -0.481 e. The second-order valence-electron chi connectivity index (χ2n) is 5.51. The molecule has 0 saturated carbocycles. The van der Waals surface area contributed by atoms with Crippen molar-refractivity contribution in [1.29, 1.82) is 0 Å². The quantitative estimate of drug-likeness (QED) is 0.548. The van der Waals surface area contributed by atoms with Crippen molar-refractivity contribution in [2.75, 3.05) is 0 Å². The zero-order chi connectivity index (χ0) is 18.9. The van der Waals surface area contributed by atoms with E-state index in [2.05, 4.69) is 10.3 Å². The number of hydrogen-bond donors (Lipinski definition) is 2. The predicted molar refractivity (Wildman–Crippen MR) is 97.6 cm³/mol. The Hall–Kier alpha value is -2.99. The maximum atomic E-state index is 12.1. The number of benzene rings is 1. The number of rotatable bonds is 8. The average Bonchev–Trinajstić information content (AvgIpc) is 2.61. The van der Waals surface area contributed by atoms with Gasteiger partial charge in [-0.1, -0.05) is 29.8 Å². The number of carboxylic acids is 1. The highest BCUT2D eigenvalue weighted by atomic mass is 35.5. The Labute approximate surface area is 155 Å². The van der Waals surface area contributed by atoms with E-state index in [0.717, 1.165) is 5.56 Å². The first-order valence-corrected chi connectivity index (χ1v) is 8.20. The van der Waals surface area contributed by atoms with Crippen LogP contribution in [-0.4, -0.2) is 33.8 Å². The van der Waals surface area contributed by atoms with E-state index in [-0.39, 0.29) is 6.42 Å². The van der Waals surface area contributed by atoms with E-state index in [0.29, 0.717) is 10.7 Å². The number of nitrogens with one attached hydrogen (secondary N) is 1. The lowest BCUT2D eigenvalue weighted by molar-refractivity contribution is -0.141. The van der Waals surface area contributed by atoms with E-state index >= 15 is 0 Å². The number of hydrogen-bond acceptors (Lipinski definition) is 4. The number of Topliss-reactive ketones (excluding diaryl/α,β-unsaturated/α-hetero) is 1. The summed E-state index contributed by atoms with van der Waals surface area (Å²) in [6, 6.07) is 11.1. The molecule has 6 nitrogen and oxygen atoms in total. The molecule has 0 unspecified atom stereocenters. The summed E-state index contributed by atoms with van der Waals surface area (Å²) in [5.74, 6) is -2.33. The molecule has 0 saturated heterocycles. The van der Waals surface area contributed by atoms with Crippen molar-refractivity contribution in [1.82, 2.24) is 10.3 Å². The van der Waals surface area contributed by atoms with Crippen LogP contribution in [-0.2, 0) is 20.8 Å². The summed E-state index contributed by atoms with van der Waals surface area (Å²) in [4.78, 5) is 39.2. The molecular formula is C19H17ClN2O4. The van der Waals surface area contributed by atoms with Crippen molar-refractivity contribution in [2.45, 2.75) is 18.9 Å². The highest BCUT2D eigenvalue weighted by molar-refractivity contribution is 6.30. The highest BCUT2D eigenvalue weighted by Crippen LogP contribution is 2.10. The second-order valence-corrected chi connectivity index (χ2v) is 5.94. The molecule has 0 aliphatic carbocycles. The zero-order valence-electron chi connectivity index (χ0n) is 13.8. The standard InChI is InChI=1S/C19H17ClN2O4/c20-14-7-4-13(5-8-14)6-9-18(24)22-16(17(23)12-19(25)26)11-15-3-1-2-10-21-15/h1-10,16H,11-12H2,(H,22,24)(H,25,26)/b9-6+/t16-/m0/s1. The fourth-order valence-corrected chi connectivity index (χ4v) is 2.34. The molecule has 1 aromatic carbocycles. The smallest absolute Gasteiger partial charge is 0.310 e. The fourth-order valence-electron chi connectivity index (χ4n) is 2.21. The third-order valence-electron chi connectivity index (χ3n) is 3.47. The molecular weight excluding hydrogens is 356 g/mol.